The molecule has 0 atom stereocenters. The van der Waals surface area contributed by atoms with E-state index in [1.165, 1.54) is 4.31 Å². The van der Waals surface area contributed by atoms with Gasteiger partial charge in [0.15, 0.2) is 5.84 Å². The number of hydrogen-bond acceptors (Lipinski definition) is 4. The SMILES string of the molecule is NC(CN(C1CCCC1)S(=O)(=O)Cc1ccccc1)=NO. The molecule has 1 fully saturated rings. The third-order valence-corrected chi connectivity index (χ3v) is 5.57. The molecule has 0 heterocycles. The molecule has 116 valence electrons. The maximum Gasteiger partial charge on any atom is 0.218 e. The van der Waals surface area contributed by atoms with Gasteiger partial charge in [0.1, 0.15) is 0 Å². The maximum absolute atomic E-state index is 12.7. The quantitative estimate of drug-likeness (QED) is 0.360. The highest BCUT2D eigenvalue weighted by Crippen LogP contribution is 2.26. The monoisotopic (exact) mass is 311 g/mol. The Hall–Kier alpha value is -1.60. The van der Waals surface area contributed by atoms with Crippen molar-refractivity contribution in [2.45, 2.75) is 37.5 Å². The topological polar surface area (TPSA) is 96.0 Å². The van der Waals surface area contributed by atoms with Gasteiger partial charge < -0.3 is 10.9 Å². The van der Waals surface area contributed by atoms with Crippen LogP contribution in [0, 0.1) is 0 Å². The molecule has 0 unspecified atom stereocenters. The molecule has 0 aromatic heterocycles. The highest BCUT2D eigenvalue weighted by atomic mass is 32.2. The molecular formula is C14H21N3O3S. The minimum atomic E-state index is -3.50. The number of hydrogen-bond donors (Lipinski definition) is 2. The summed E-state index contributed by atoms with van der Waals surface area (Å²) in [7, 11) is -3.50. The molecule has 2 rings (SSSR count). The standard InChI is InChI=1S/C14H21N3O3S/c15-14(16-18)10-17(13-8-4-5-9-13)21(19,20)11-12-6-2-1-3-7-12/h1-3,6-7,13,18H,4-5,8-11H2,(H2,15,16). The Bertz CT molecular complexity index is 581. The Kier molecular flexibility index (Phi) is 5.19. The van der Waals surface area contributed by atoms with Crippen LogP contribution in [0.4, 0.5) is 0 Å². The lowest BCUT2D eigenvalue weighted by molar-refractivity contribution is 0.308. The fraction of sp³-hybridized carbons (Fsp3) is 0.500. The summed E-state index contributed by atoms with van der Waals surface area (Å²) in [6.07, 6.45) is 3.68. The zero-order valence-electron chi connectivity index (χ0n) is 11.9. The van der Waals surface area contributed by atoms with Crippen LogP contribution in [0.15, 0.2) is 35.5 Å². The smallest absolute Gasteiger partial charge is 0.218 e. The number of sulfonamides is 1. The number of amidine groups is 1. The van der Waals surface area contributed by atoms with Gasteiger partial charge in [0.25, 0.3) is 0 Å². The molecule has 0 radical (unpaired) electrons. The molecule has 6 nitrogen and oxygen atoms in total. The molecular weight excluding hydrogens is 290 g/mol. The van der Waals surface area contributed by atoms with E-state index in [0.717, 1.165) is 31.2 Å². The first-order valence-electron chi connectivity index (χ1n) is 7.03. The minimum absolute atomic E-state index is 0.0565. The predicted molar refractivity (Wildman–Crippen MR) is 81.4 cm³/mol. The second-order valence-corrected chi connectivity index (χ2v) is 7.24. The van der Waals surface area contributed by atoms with Gasteiger partial charge in [0, 0.05) is 6.04 Å². The van der Waals surface area contributed by atoms with Crippen LogP contribution in [-0.4, -0.2) is 36.4 Å². The molecule has 0 saturated heterocycles. The Morgan fingerprint density at radius 1 is 1.29 bits per heavy atom. The van der Waals surface area contributed by atoms with Crippen molar-refractivity contribution in [1.82, 2.24) is 4.31 Å². The van der Waals surface area contributed by atoms with Crippen LogP contribution in [0.3, 0.4) is 0 Å². The van der Waals surface area contributed by atoms with Crippen LogP contribution < -0.4 is 5.73 Å². The van der Waals surface area contributed by atoms with Crippen molar-refractivity contribution in [3.05, 3.63) is 35.9 Å². The zero-order chi connectivity index (χ0) is 15.3. The molecule has 0 bridgehead atoms. The van der Waals surface area contributed by atoms with E-state index in [-0.39, 0.29) is 24.2 Å². The molecule has 3 N–H and O–H groups in total. The summed E-state index contributed by atoms with van der Waals surface area (Å²) < 4.78 is 26.7. The first-order valence-corrected chi connectivity index (χ1v) is 8.63. The van der Waals surface area contributed by atoms with Gasteiger partial charge in [-0.25, -0.2) is 8.42 Å². The Balaban J connectivity index is 2.21. The number of nitrogens with two attached hydrogens (primary N) is 1. The molecule has 1 aromatic rings. The predicted octanol–water partition coefficient (Wildman–Crippen LogP) is 1.51. The van der Waals surface area contributed by atoms with E-state index in [9.17, 15) is 8.42 Å². The molecule has 1 saturated carbocycles. The van der Waals surface area contributed by atoms with E-state index in [1.807, 2.05) is 18.2 Å². The largest absolute Gasteiger partial charge is 0.409 e. The van der Waals surface area contributed by atoms with Crippen LogP contribution in [0.25, 0.3) is 0 Å². The number of benzene rings is 1. The fourth-order valence-electron chi connectivity index (χ4n) is 2.71. The van der Waals surface area contributed by atoms with Gasteiger partial charge in [-0.2, -0.15) is 4.31 Å². The third kappa shape index (κ3) is 4.18. The van der Waals surface area contributed by atoms with Crippen molar-refractivity contribution in [3.63, 3.8) is 0 Å². The summed E-state index contributed by atoms with van der Waals surface area (Å²) in [6, 6.07) is 8.99. The van der Waals surface area contributed by atoms with Crippen molar-refractivity contribution in [2.24, 2.45) is 10.9 Å². The van der Waals surface area contributed by atoms with Gasteiger partial charge in [-0.05, 0) is 18.4 Å². The lowest BCUT2D eigenvalue weighted by Gasteiger charge is -2.27. The van der Waals surface area contributed by atoms with E-state index >= 15 is 0 Å². The summed E-state index contributed by atoms with van der Waals surface area (Å²) >= 11 is 0. The van der Waals surface area contributed by atoms with Crippen LogP contribution in [0.2, 0.25) is 0 Å². The lowest BCUT2D eigenvalue weighted by atomic mass is 10.2. The van der Waals surface area contributed by atoms with E-state index in [0.29, 0.717) is 0 Å². The molecule has 1 aromatic carbocycles. The highest BCUT2D eigenvalue weighted by Gasteiger charge is 2.32. The van der Waals surface area contributed by atoms with E-state index in [2.05, 4.69) is 5.16 Å². The van der Waals surface area contributed by atoms with Crippen molar-refractivity contribution >= 4 is 15.9 Å². The Morgan fingerprint density at radius 3 is 2.48 bits per heavy atom. The van der Waals surface area contributed by atoms with Crippen molar-refractivity contribution in [3.8, 4) is 0 Å². The average Bonchev–Trinajstić information content (AvgIpc) is 2.98. The molecule has 21 heavy (non-hydrogen) atoms. The van der Waals surface area contributed by atoms with E-state index in [1.54, 1.807) is 12.1 Å². The zero-order valence-corrected chi connectivity index (χ0v) is 12.7. The summed E-state index contributed by atoms with van der Waals surface area (Å²) in [6.45, 7) is -0.0592. The summed E-state index contributed by atoms with van der Waals surface area (Å²) in [4.78, 5) is 0. The van der Waals surface area contributed by atoms with Gasteiger partial charge in [-0.3, -0.25) is 0 Å². The van der Waals surface area contributed by atoms with Crippen molar-refractivity contribution in [2.75, 3.05) is 6.54 Å². The van der Waals surface area contributed by atoms with Crippen LogP contribution in [0.1, 0.15) is 31.2 Å². The van der Waals surface area contributed by atoms with Gasteiger partial charge in [-0.1, -0.05) is 48.3 Å². The Labute approximate surface area is 125 Å². The van der Waals surface area contributed by atoms with Gasteiger partial charge in [-0.15, -0.1) is 0 Å². The van der Waals surface area contributed by atoms with Gasteiger partial charge in [0.2, 0.25) is 10.0 Å². The van der Waals surface area contributed by atoms with E-state index < -0.39 is 10.0 Å². The number of nitrogens with zero attached hydrogens (tertiary/aromatic N) is 2. The molecule has 1 aliphatic rings. The fourth-order valence-corrected chi connectivity index (χ4v) is 4.48. The molecule has 1 aliphatic carbocycles. The molecule has 0 amide bonds. The van der Waals surface area contributed by atoms with Crippen molar-refractivity contribution in [1.29, 1.82) is 0 Å². The number of oxime groups is 1. The first kappa shape index (κ1) is 15.8. The average molecular weight is 311 g/mol. The summed E-state index contributed by atoms with van der Waals surface area (Å²) in [5.74, 6) is -0.151. The van der Waals surface area contributed by atoms with Gasteiger partial charge >= 0.3 is 0 Å². The summed E-state index contributed by atoms with van der Waals surface area (Å²) in [5.41, 5.74) is 6.26. The maximum atomic E-state index is 12.7. The minimum Gasteiger partial charge on any atom is -0.409 e. The second-order valence-electron chi connectivity index (χ2n) is 5.32. The van der Waals surface area contributed by atoms with Crippen LogP contribution in [0.5, 0.6) is 0 Å². The summed E-state index contributed by atoms with van der Waals surface area (Å²) in [5, 5.41) is 11.6. The Morgan fingerprint density at radius 2 is 1.90 bits per heavy atom. The van der Waals surface area contributed by atoms with Crippen molar-refractivity contribution < 1.29 is 13.6 Å². The second kappa shape index (κ2) is 6.91. The highest BCUT2D eigenvalue weighted by molar-refractivity contribution is 7.88. The molecule has 0 spiro atoms. The first-order chi connectivity index (χ1) is 10.0. The van der Waals surface area contributed by atoms with Gasteiger partial charge in [0.05, 0.1) is 12.3 Å². The third-order valence-electron chi connectivity index (χ3n) is 3.73. The van der Waals surface area contributed by atoms with Crippen LogP contribution >= 0.6 is 0 Å². The normalized spacial score (nSPS) is 17.5. The lowest BCUT2D eigenvalue weighted by Crippen LogP contribution is -2.44. The molecule has 7 heteroatoms. The van der Waals surface area contributed by atoms with Crippen LogP contribution in [-0.2, 0) is 15.8 Å². The molecule has 0 aliphatic heterocycles. The number of rotatable bonds is 6. The van der Waals surface area contributed by atoms with E-state index in [4.69, 9.17) is 10.9 Å².